The number of aromatic nitrogens is 2. The third kappa shape index (κ3) is 2.07. The molecule has 0 amide bonds. The standard InChI is InChI=1S/C16H14F2N2/c1-10(2)16-13(17)7-12(8-14(16)18)11-3-5-20-6-4-19-15(20)9-11/h3-10H,1-2H3. The zero-order valence-corrected chi connectivity index (χ0v) is 11.3. The van der Waals surface area contributed by atoms with Gasteiger partial charge in [-0.3, -0.25) is 0 Å². The summed E-state index contributed by atoms with van der Waals surface area (Å²) >= 11 is 0. The largest absolute Gasteiger partial charge is 0.307 e. The van der Waals surface area contributed by atoms with Crippen molar-refractivity contribution in [2.75, 3.05) is 0 Å². The lowest BCUT2D eigenvalue weighted by Gasteiger charge is -2.11. The zero-order valence-electron chi connectivity index (χ0n) is 11.3. The zero-order chi connectivity index (χ0) is 14.3. The van der Waals surface area contributed by atoms with E-state index >= 15 is 0 Å². The Labute approximate surface area is 115 Å². The molecule has 2 nitrogen and oxygen atoms in total. The van der Waals surface area contributed by atoms with Crippen LogP contribution < -0.4 is 0 Å². The van der Waals surface area contributed by atoms with Crippen LogP contribution in [0, 0.1) is 11.6 Å². The number of rotatable bonds is 2. The molecule has 2 aromatic heterocycles. The summed E-state index contributed by atoms with van der Waals surface area (Å²) in [6.45, 7) is 3.55. The lowest BCUT2D eigenvalue weighted by Crippen LogP contribution is -1.99. The van der Waals surface area contributed by atoms with Crippen LogP contribution in [0.3, 0.4) is 0 Å². The molecule has 1 aromatic carbocycles. The van der Waals surface area contributed by atoms with Gasteiger partial charge in [-0.05, 0) is 41.3 Å². The van der Waals surface area contributed by atoms with E-state index in [1.807, 2.05) is 28.9 Å². The van der Waals surface area contributed by atoms with E-state index in [1.165, 1.54) is 12.1 Å². The second-order valence-corrected chi connectivity index (χ2v) is 5.12. The van der Waals surface area contributed by atoms with E-state index < -0.39 is 11.6 Å². The maximum absolute atomic E-state index is 14.0. The topological polar surface area (TPSA) is 17.3 Å². The van der Waals surface area contributed by atoms with Crippen molar-refractivity contribution in [1.82, 2.24) is 9.38 Å². The number of benzene rings is 1. The first-order chi connectivity index (χ1) is 9.56. The van der Waals surface area contributed by atoms with Gasteiger partial charge in [0.15, 0.2) is 0 Å². The van der Waals surface area contributed by atoms with Crippen molar-refractivity contribution >= 4 is 5.65 Å². The SMILES string of the molecule is CC(C)c1c(F)cc(-c2ccn3ccnc3c2)cc1F. The van der Waals surface area contributed by atoms with Gasteiger partial charge in [0.1, 0.15) is 17.3 Å². The molecule has 0 aliphatic rings. The normalized spacial score (nSPS) is 11.4. The quantitative estimate of drug-likeness (QED) is 0.675. The second-order valence-electron chi connectivity index (χ2n) is 5.12. The van der Waals surface area contributed by atoms with Gasteiger partial charge in [-0.15, -0.1) is 0 Å². The first-order valence-corrected chi connectivity index (χ1v) is 6.48. The van der Waals surface area contributed by atoms with Gasteiger partial charge in [-0.2, -0.15) is 0 Å². The van der Waals surface area contributed by atoms with Crippen LogP contribution in [0.2, 0.25) is 0 Å². The highest BCUT2D eigenvalue weighted by molar-refractivity contribution is 5.68. The van der Waals surface area contributed by atoms with E-state index in [2.05, 4.69) is 4.98 Å². The number of halogens is 2. The molecule has 0 radical (unpaired) electrons. The van der Waals surface area contributed by atoms with Crippen LogP contribution in [-0.4, -0.2) is 9.38 Å². The van der Waals surface area contributed by atoms with Gasteiger partial charge in [0.05, 0.1) is 0 Å². The molecule has 0 aliphatic heterocycles. The highest BCUT2D eigenvalue weighted by Crippen LogP contribution is 2.28. The fraction of sp³-hybridized carbons (Fsp3) is 0.188. The van der Waals surface area contributed by atoms with Crippen LogP contribution in [0.15, 0.2) is 42.9 Å². The molecule has 20 heavy (non-hydrogen) atoms. The molecule has 3 aromatic rings. The fourth-order valence-corrected chi connectivity index (χ4v) is 2.39. The molecule has 0 saturated heterocycles. The average molecular weight is 272 g/mol. The van der Waals surface area contributed by atoms with Crippen molar-refractivity contribution in [2.45, 2.75) is 19.8 Å². The van der Waals surface area contributed by atoms with Gasteiger partial charge >= 0.3 is 0 Å². The highest BCUT2D eigenvalue weighted by Gasteiger charge is 2.15. The van der Waals surface area contributed by atoms with Crippen molar-refractivity contribution in [3.05, 3.63) is 60.1 Å². The molecule has 0 atom stereocenters. The van der Waals surface area contributed by atoms with Gasteiger partial charge in [-0.25, -0.2) is 13.8 Å². The lowest BCUT2D eigenvalue weighted by molar-refractivity contribution is 0.542. The van der Waals surface area contributed by atoms with Crippen LogP contribution in [0.5, 0.6) is 0 Å². The number of pyridine rings is 1. The van der Waals surface area contributed by atoms with Crippen LogP contribution in [0.4, 0.5) is 8.78 Å². The van der Waals surface area contributed by atoms with Crippen LogP contribution in [0.25, 0.3) is 16.8 Å². The molecular weight excluding hydrogens is 258 g/mol. The van der Waals surface area contributed by atoms with Crippen LogP contribution >= 0.6 is 0 Å². The molecule has 4 heteroatoms. The summed E-state index contributed by atoms with van der Waals surface area (Å²) in [7, 11) is 0. The second kappa shape index (κ2) is 4.71. The van der Waals surface area contributed by atoms with E-state index in [0.717, 1.165) is 11.2 Å². The van der Waals surface area contributed by atoms with Gasteiger partial charge in [0, 0.05) is 24.2 Å². The molecule has 0 N–H and O–H groups in total. The molecule has 0 fully saturated rings. The summed E-state index contributed by atoms with van der Waals surface area (Å²) in [5, 5.41) is 0. The minimum atomic E-state index is -0.502. The molecule has 0 unspecified atom stereocenters. The van der Waals surface area contributed by atoms with E-state index in [0.29, 0.717) is 5.56 Å². The molecule has 0 spiro atoms. The first kappa shape index (κ1) is 12.8. The Kier molecular flexibility index (Phi) is 3.01. The van der Waals surface area contributed by atoms with Crippen molar-refractivity contribution < 1.29 is 8.78 Å². The Morgan fingerprint density at radius 2 is 1.70 bits per heavy atom. The maximum Gasteiger partial charge on any atom is 0.137 e. The van der Waals surface area contributed by atoms with Crippen LogP contribution in [-0.2, 0) is 0 Å². The summed E-state index contributed by atoms with van der Waals surface area (Å²) in [6, 6.07) is 6.39. The average Bonchev–Trinajstić information content (AvgIpc) is 2.84. The number of imidazole rings is 1. The highest BCUT2D eigenvalue weighted by atomic mass is 19.1. The Morgan fingerprint density at radius 3 is 2.35 bits per heavy atom. The minimum absolute atomic E-state index is 0.135. The molecule has 3 rings (SSSR count). The molecule has 2 heterocycles. The van der Waals surface area contributed by atoms with E-state index in [-0.39, 0.29) is 11.5 Å². The van der Waals surface area contributed by atoms with Crippen molar-refractivity contribution in [3.63, 3.8) is 0 Å². The number of nitrogens with zero attached hydrogens (tertiary/aromatic N) is 2. The maximum atomic E-state index is 14.0. The van der Waals surface area contributed by atoms with Crippen molar-refractivity contribution in [3.8, 4) is 11.1 Å². The Bertz CT molecular complexity index is 752. The monoisotopic (exact) mass is 272 g/mol. The summed E-state index contributed by atoms with van der Waals surface area (Å²) in [6.07, 6.45) is 5.33. The van der Waals surface area contributed by atoms with Gasteiger partial charge in [-0.1, -0.05) is 13.8 Å². The Hall–Kier alpha value is -2.23. The van der Waals surface area contributed by atoms with Crippen LogP contribution in [0.1, 0.15) is 25.3 Å². The Morgan fingerprint density at radius 1 is 1.00 bits per heavy atom. The summed E-state index contributed by atoms with van der Waals surface area (Å²) < 4.78 is 29.9. The van der Waals surface area contributed by atoms with E-state index in [4.69, 9.17) is 0 Å². The van der Waals surface area contributed by atoms with Gasteiger partial charge < -0.3 is 4.40 Å². The lowest BCUT2D eigenvalue weighted by atomic mass is 9.97. The number of fused-ring (bicyclic) bond motifs is 1. The smallest absolute Gasteiger partial charge is 0.137 e. The number of hydrogen-bond donors (Lipinski definition) is 0. The molecule has 0 aliphatic carbocycles. The van der Waals surface area contributed by atoms with E-state index in [9.17, 15) is 8.78 Å². The molecule has 0 saturated carbocycles. The molecule has 0 bridgehead atoms. The summed E-state index contributed by atoms with van der Waals surface area (Å²) in [5.41, 5.74) is 2.15. The summed E-state index contributed by atoms with van der Waals surface area (Å²) in [4.78, 5) is 4.17. The van der Waals surface area contributed by atoms with Gasteiger partial charge in [0.2, 0.25) is 0 Å². The fourth-order valence-electron chi connectivity index (χ4n) is 2.39. The third-order valence-corrected chi connectivity index (χ3v) is 3.39. The number of hydrogen-bond acceptors (Lipinski definition) is 1. The minimum Gasteiger partial charge on any atom is -0.307 e. The van der Waals surface area contributed by atoms with E-state index in [1.54, 1.807) is 20.0 Å². The molecule has 102 valence electrons. The third-order valence-electron chi connectivity index (χ3n) is 3.39. The molecular formula is C16H14F2N2. The predicted octanol–water partition coefficient (Wildman–Crippen LogP) is 4.40. The predicted molar refractivity (Wildman–Crippen MR) is 74.6 cm³/mol. The van der Waals surface area contributed by atoms with Gasteiger partial charge in [0.25, 0.3) is 0 Å². The summed E-state index contributed by atoms with van der Waals surface area (Å²) in [5.74, 6) is -1.18. The van der Waals surface area contributed by atoms with Crippen molar-refractivity contribution in [1.29, 1.82) is 0 Å². The van der Waals surface area contributed by atoms with Crippen molar-refractivity contribution in [2.24, 2.45) is 0 Å². The Balaban J connectivity index is 2.14. The first-order valence-electron chi connectivity index (χ1n) is 6.48.